The molecule has 2 rings (SSSR count). The van der Waals surface area contributed by atoms with E-state index in [2.05, 4.69) is 19.1 Å². The molecule has 1 saturated heterocycles. The molecule has 1 aromatic rings. The number of hydrogen-bond acceptors (Lipinski definition) is 3. The average Bonchev–Trinajstić information content (AvgIpc) is 3.16. The van der Waals surface area contributed by atoms with Crippen molar-refractivity contribution in [2.75, 3.05) is 6.61 Å². The minimum Gasteiger partial charge on any atom is -0.394 e. The first-order chi connectivity index (χ1) is 8.83. The van der Waals surface area contributed by atoms with E-state index < -0.39 is 0 Å². The first-order valence-electron chi connectivity index (χ1n) is 6.75. The van der Waals surface area contributed by atoms with E-state index in [1.807, 2.05) is 18.2 Å². The quantitative estimate of drug-likeness (QED) is 0.721. The van der Waals surface area contributed by atoms with Gasteiger partial charge in [0.25, 0.3) is 0 Å². The molecule has 1 N–H and O–H groups in total. The minimum absolute atomic E-state index is 0.0460. The van der Waals surface area contributed by atoms with Crippen LogP contribution in [-0.2, 0) is 16.1 Å². The summed E-state index contributed by atoms with van der Waals surface area (Å²) in [5.74, 6) is 0. The van der Waals surface area contributed by atoms with Crippen LogP contribution in [0.3, 0.4) is 0 Å². The third-order valence-corrected chi connectivity index (χ3v) is 3.30. The average molecular weight is 250 g/mol. The Bertz CT molecular complexity index is 339. The molecule has 0 aliphatic carbocycles. The van der Waals surface area contributed by atoms with Gasteiger partial charge in [0.15, 0.2) is 0 Å². The van der Waals surface area contributed by atoms with Crippen LogP contribution in [0.15, 0.2) is 30.3 Å². The van der Waals surface area contributed by atoms with Gasteiger partial charge in [-0.3, -0.25) is 0 Å². The Morgan fingerprint density at radius 3 is 2.67 bits per heavy atom. The molecule has 1 aliphatic rings. The summed E-state index contributed by atoms with van der Waals surface area (Å²) in [5.41, 5.74) is 1.20. The van der Waals surface area contributed by atoms with E-state index in [-0.39, 0.29) is 24.9 Å². The lowest BCUT2D eigenvalue weighted by Gasteiger charge is -2.16. The topological polar surface area (TPSA) is 42.0 Å². The van der Waals surface area contributed by atoms with Gasteiger partial charge in [0, 0.05) is 6.42 Å². The van der Waals surface area contributed by atoms with Crippen LogP contribution in [0, 0.1) is 0 Å². The van der Waals surface area contributed by atoms with Gasteiger partial charge in [-0.1, -0.05) is 43.7 Å². The molecule has 1 aliphatic heterocycles. The van der Waals surface area contributed by atoms with E-state index in [1.54, 1.807) is 0 Å². The van der Waals surface area contributed by atoms with Gasteiger partial charge in [-0.05, 0) is 12.0 Å². The Labute approximate surface area is 109 Å². The molecule has 100 valence electrons. The lowest BCUT2D eigenvalue weighted by atomic mass is 10.1. The molecule has 1 aromatic carbocycles. The number of ether oxygens (including phenoxy) is 2. The zero-order valence-corrected chi connectivity index (χ0v) is 10.9. The maximum absolute atomic E-state index is 8.96. The van der Waals surface area contributed by atoms with Crippen LogP contribution in [-0.4, -0.2) is 30.0 Å². The van der Waals surface area contributed by atoms with Crippen molar-refractivity contribution in [2.24, 2.45) is 0 Å². The highest BCUT2D eigenvalue weighted by Gasteiger charge is 2.39. The molecular formula is C15H22O3. The smallest absolute Gasteiger partial charge is 0.107 e. The maximum Gasteiger partial charge on any atom is 0.107 e. The molecule has 3 atom stereocenters. The Morgan fingerprint density at radius 1 is 1.28 bits per heavy atom. The molecule has 0 aromatic heterocycles. The van der Waals surface area contributed by atoms with Gasteiger partial charge in [0.2, 0.25) is 0 Å². The summed E-state index contributed by atoms with van der Waals surface area (Å²) in [6.45, 7) is 2.94. The van der Waals surface area contributed by atoms with E-state index in [9.17, 15) is 0 Å². The highest BCUT2D eigenvalue weighted by molar-refractivity contribution is 5.13. The summed E-state index contributed by atoms with van der Waals surface area (Å²) in [5, 5.41) is 8.96. The van der Waals surface area contributed by atoms with E-state index >= 15 is 0 Å². The normalized spacial score (nSPS) is 23.9. The minimum atomic E-state index is 0.0460. The van der Waals surface area contributed by atoms with Gasteiger partial charge in [-0.25, -0.2) is 0 Å². The van der Waals surface area contributed by atoms with Gasteiger partial charge >= 0.3 is 0 Å². The number of aliphatic hydroxyl groups excluding tert-OH is 1. The van der Waals surface area contributed by atoms with Gasteiger partial charge in [-0.2, -0.15) is 0 Å². The second kappa shape index (κ2) is 6.88. The monoisotopic (exact) mass is 250 g/mol. The zero-order chi connectivity index (χ0) is 12.8. The fourth-order valence-corrected chi connectivity index (χ4v) is 2.19. The van der Waals surface area contributed by atoms with E-state index in [0.717, 1.165) is 19.3 Å². The fourth-order valence-electron chi connectivity index (χ4n) is 2.19. The van der Waals surface area contributed by atoms with Crippen LogP contribution in [0.1, 0.15) is 31.7 Å². The van der Waals surface area contributed by atoms with Crippen LogP contribution < -0.4 is 0 Å². The summed E-state index contributed by atoms with van der Waals surface area (Å²) < 4.78 is 11.3. The largest absolute Gasteiger partial charge is 0.394 e. The summed E-state index contributed by atoms with van der Waals surface area (Å²) >= 11 is 0. The van der Waals surface area contributed by atoms with Crippen molar-refractivity contribution in [2.45, 2.75) is 51.1 Å². The molecule has 1 fully saturated rings. The maximum atomic E-state index is 8.96. The molecule has 0 radical (unpaired) electrons. The second-order valence-corrected chi connectivity index (χ2v) is 4.84. The van der Waals surface area contributed by atoms with Gasteiger partial charge in [-0.15, -0.1) is 0 Å². The van der Waals surface area contributed by atoms with E-state index in [0.29, 0.717) is 6.61 Å². The molecule has 0 bridgehead atoms. The molecule has 0 spiro atoms. The Morgan fingerprint density at radius 2 is 2.06 bits per heavy atom. The molecule has 0 saturated carbocycles. The number of hydrogen-bond donors (Lipinski definition) is 1. The van der Waals surface area contributed by atoms with Crippen molar-refractivity contribution in [1.29, 1.82) is 0 Å². The summed E-state index contributed by atoms with van der Waals surface area (Å²) in [6.07, 6.45) is 3.52. The van der Waals surface area contributed by atoms with Crippen molar-refractivity contribution >= 4 is 0 Å². The van der Waals surface area contributed by atoms with Crippen molar-refractivity contribution in [3.8, 4) is 0 Å². The third-order valence-electron chi connectivity index (χ3n) is 3.30. The molecule has 3 nitrogen and oxygen atoms in total. The molecule has 3 heteroatoms. The summed E-state index contributed by atoms with van der Waals surface area (Å²) in [4.78, 5) is 0. The van der Waals surface area contributed by atoms with E-state index in [4.69, 9.17) is 14.6 Å². The molecular weight excluding hydrogens is 228 g/mol. The Kier molecular flexibility index (Phi) is 5.17. The SMILES string of the molecule is CCC[C@@H](C[C@H]1O[C@@H]1CO)OCc1ccccc1. The van der Waals surface area contributed by atoms with Crippen molar-refractivity contribution in [3.05, 3.63) is 35.9 Å². The van der Waals surface area contributed by atoms with Crippen LogP contribution in [0.4, 0.5) is 0 Å². The number of aliphatic hydroxyl groups is 1. The van der Waals surface area contributed by atoms with Crippen LogP contribution in [0.5, 0.6) is 0 Å². The fraction of sp³-hybridized carbons (Fsp3) is 0.600. The third kappa shape index (κ3) is 4.09. The second-order valence-electron chi connectivity index (χ2n) is 4.84. The summed E-state index contributed by atoms with van der Waals surface area (Å²) in [7, 11) is 0. The molecule has 18 heavy (non-hydrogen) atoms. The number of epoxide rings is 1. The van der Waals surface area contributed by atoms with Crippen molar-refractivity contribution in [3.63, 3.8) is 0 Å². The van der Waals surface area contributed by atoms with Gasteiger partial charge in [0.1, 0.15) is 6.10 Å². The van der Waals surface area contributed by atoms with Crippen molar-refractivity contribution in [1.82, 2.24) is 0 Å². The van der Waals surface area contributed by atoms with Crippen molar-refractivity contribution < 1.29 is 14.6 Å². The van der Waals surface area contributed by atoms with Crippen LogP contribution in [0.25, 0.3) is 0 Å². The molecule has 0 amide bonds. The standard InChI is InChI=1S/C15H22O3/c1-2-6-13(9-14-15(10-16)18-14)17-11-12-7-4-3-5-8-12/h3-5,7-8,13-16H,2,6,9-11H2,1H3/t13-,14+,15+/m0/s1. The Balaban J connectivity index is 1.76. The van der Waals surface area contributed by atoms with Gasteiger partial charge < -0.3 is 14.6 Å². The molecule has 0 unspecified atom stereocenters. The number of rotatable bonds is 8. The highest BCUT2D eigenvalue weighted by atomic mass is 16.6. The summed E-state index contributed by atoms with van der Waals surface area (Å²) in [6, 6.07) is 10.2. The van der Waals surface area contributed by atoms with Crippen LogP contribution in [0.2, 0.25) is 0 Å². The molecule has 1 heterocycles. The highest BCUT2D eigenvalue weighted by Crippen LogP contribution is 2.28. The predicted octanol–water partition coefficient (Wildman–Crippen LogP) is 2.52. The zero-order valence-electron chi connectivity index (χ0n) is 10.9. The first kappa shape index (κ1) is 13.5. The van der Waals surface area contributed by atoms with Crippen LogP contribution >= 0.6 is 0 Å². The first-order valence-corrected chi connectivity index (χ1v) is 6.75. The number of benzene rings is 1. The van der Waals surface area contributed by atoms with E-state index in [1.165, 1.54) is 5.56 Å². The Hall–Kier alpha value is -0.900. The predicted molar refractivity (Wildman–Crippen MR) is 70.3 cm³/mol. The lowest BCUT2D eigenvalue weighted by molar-refractivity contribution is 0.0243. The van der Waals surface area contributed by atoms with Gasteiger partial charge in [0.05, 0.1) is 25.4 Å². The lowest BCUT2D eigenvalue weighted by Crippen LogP contribution is -2.17.